The van der Waals surface area contributed by atoms with E-state index in [2.05, 4.69) is 29.4 Å². The molecule has 2 aromatic carbocycles. The highest BCUT2D eigenvalue weighted by atomic mass is 32.2. The van der Waals surface area contributed by atoms with Crippen molar-refractivity contribution in [1.29, 1.82) is 0 Å². The Hall–Kier alpha value is -3.46. The van der Waals surface area contributed by atoms with Crippen LogP contribution in [0, 0.1) is 0 Å². The van der Waals surface area contributed by atoms with Crippen molar-refractivity contribution in [3.8, 4) is 11.5 Å². The van der Waals surface area contributed by atoms with Gasteiger partial charge in [0.15, 0.2) is 11.5 Å². The number of methoxy groups -OCH3 is 1. The summed E-state index contributed by atoms with van der Waals surface area (Å²) < 4.78 is 13.4. The standard InChI is InChI=1S/C26H31N5O3S/c1-4-5-15-35-26-29-25-28-17(2)22(24(27)32)23(31(25)30-26)19-11-12-20(21(16-19)33-3)34-14-13-18-9-7-6-8-10-18/h6-12,16,23H,4-5,13-15H2,1-3H3,(H2,27,32)(H,28,29,30). The van der Waals surface area contributed by atoms with Gasteiger partial charge in [-0.2, -0.15) is 4.98 Å². The number of primary amides is 1. The van der Waals surface area contributed by atoms with Gasteiger partial charge in [-0.1, -0.05) is 61.5 Å². The molecule has 2 heterocycles. The monoisotopic (exact) mass is 493 g/mol. The maximum Gasteiger partial charge on any atom is 0.248 e. The fourth-order valence-electron chi connectivity index (χ4n) is 4.02. The van der Waals surface area contributed by atoms with Gasteiger partial charge >= 0.3 is 0 Å². The fourth-order valence-corrected chi connectivity index (χ4v) is 4.94. The number of thioether (sulfide) groups is 1. The second kappa shape index (κ2) is 11.3. The minimum absolute atomic E-state index is 0.437. The lowest BCUT2D eigenvalue weighted by atomic mass is 9.95. The Morgan fingerprint density at radius 2 is 2.00 bits per heavy atom. The summed E-state index contributed by atoms with van der Waals surface area (Å²) in [5.41, 5.74) is 8.92. The molecule has 0 aliphatic carbocycles. The summed E-state index contributed by atoms with van der Waals surface area (Å²) in [6, 6.07) is 15.3. The molecule has 1 aromatic heterocycles. The predicted molar refractivity (Wildman–Crippen MR) is 138 cm³/mol. The van der Waals surface area contributed by atoms with Crippen LogP contribution in [0.25, 0.3) is 0 Å². The summed E-state index contributed by atoms with van der Waals surface area (Å²) in [4.78, 5) is 17.1. The van der Waals surface area contributed by atoms with Gasteiger partial charge in [0, 0.05) is 17.9 Å². The summed E-state index contributed by atoms with van der Waals surface area (Å²) in [6.07, 6.45) is 2.97. The average Bonchev–Trinajstić information content (AvgIpc) is 3.26. The first-order valence-corrected chi connectivity index (χ1v) is 12.7. The molecule has 0 saturated heterocycles. The molecule has 3 aromatic rings. The van der Waals surface area contributed by atoms with Crippen LogP contribution < -0.4 is 20.5 Å². The van der Waals surface area contributed by atoms with Crippen LogP contribution in [0.4, 0.5) is 5.95 Å². The fraction of sp³-hybridized carbons (Fsp3) is 0.346. The Morgan fingerprint density at radius 3 is 2.71 bits per heavy atom. The number of allylic oxidation sites excluding steroid dienone is 1. The normalized spacial score (nSPS) is 14.9. The zero-order valence-corrected chi connectivity index (χ0v) is 21.1. The lowest BCUT2D eigenvalue weighted by molar-refractivity contribution is -0.115. The summed E-state index contributed by atoms with van der Waals surface area (Å²) in [7, 11) is 1.60. The summed E-state index contributed by atoms with van der Waals surface area (Å²) >= 11 is 1.60. The maximum absolute atomic E-state index is 12.5. The van der Waals surface area contributed by atoms with Gasteiger partial charge in [0.1, 0.15) is 6.04 Å². The molecule has 9 heteroatoms. The van der Waals surface area contributed by atoms with Gasteiger partial charge in [0.25, 0.3) is 0 Å². The van der Waals surface area contributed by atoms with E-state index in [1.807, 2.05) is 43.3 Å². The molecule has 1 aliphatic heterocycles. The SMILES string of the molecule is CCCCSc1nc2n(n1)C(c1ccc(OCCc3ccccc3)c(OC)c1)C(C(N)=O)=C(C)N2. The topological polar surface area (TPSA) is 104 Å². The van der Waals surface area contributed by atoms with Gasteiger partial charge in [-0.25, -0.2) is 4.68 Å². The molecule has 1 aliphatic rings. The van der Waals surface area contributed by atoms with E-state index in [0.717, 1.165) is 30.6 Å². The van der Waals surface area contributed by atoms with E-state index < -0.39 is 11.9 Å². The van der Waals surface area contributed by atoms with Crippen molar-refractivity contribution in [2.75, 3.05) is 24.8 Å². The Morgan fingerprint density at radius 1 is 1.20 bits per heavy atom. The Kier molecular flexibility index (Phi) is 7.97. The molecular weight excluding hydrogens is 462 g/mol. The molecule has 1 amide bonds. The molecular formula is C26H31N5O3S. The Bertz CT molecular complexity index is 1210. The molecule has 4 rings (SSSR count). The number of benzene rings is 2. The smallest absolute Gasteiger partial charge is 0.248 e. The van der Waals surface area contributed by atoms with E-state index in [0.29, 0.717) is 40.5 Å². The van der Waals surface area contributed by atoms with E-state index in [-0.39, 0.29) is 0 Å². The van der Waals surface area contributed by atoms with E-state index in [4.69, 9.17) is 20.3 Å². The number of hydrogen-bond donors (Lipinski definition) is 2. The number of nitrogens with zero attached hydrogens (tertiary/aromatic N) is 3. The van der Waals surface area contributed by atoms with Crippen molar-refractivity contribution in [2.24, 2.45) is 5.73 Å². The second-order valence-corrected chi connectivity index (χ2v) is 9.35. The number of nitrogens with two attached hydrogens (primary N) is 1. The maximum atomic E-state index is 12.5. The zero-order chi connectivity index (χ0) is 24.8. The Labute approximate surface area is 209 Å². The molecule has 3 N–H and O–H groups in total. The number of hydrogen-bond acceptors (Lipinski definition) is 7. The van der Waals surface area contributed by atoms with Gasteiger partial charge in [-0.05, 0) is 36.6 Å². The highest BCUT2D eigenvalue weighted by molar-refractivity contribution is 7.99. The largest absolute Gasteiger partial charge is 0.493 e. The van der Waals surface area contributed by atoms with Crippen LogP contribution in [0.2, 0.25) is 0 Å². The van der Waals surface area contributed by atoms with E-state index in [1.165, 1.54) is 5.56 Å². The van der Waals surface area contributed by atoms with Crippen LogP contribution in [-0.4, -0.2) is 40.1 Å². The van der Waals surface area contributed by atoms with Crippen LogP contribution >= 0.6 is 11.8 Å². The summed E-state index contributed by atoms with van der Waals surface area (Å²) in [5, 5.41) is 8.55. The minimum Gasteiger partial charge on any atom is -0.493 e. The van der Waals surface area contributed by atoms with Crippen molar-refractivity contribution >= 4 is 23.6 Å². The van der Waals surface area contributed by atoms with Crippen molar-refractivity contribution in [1.82, 2.24) is 14.8 Å². The van der Waals surface area contributed by atoms with Crippen molar-refractivity contribution in [2.45, 2.75) is 44.3 Å². The molecule has 0 fully saturated rings. The van der Waals surface area contributed by atoms with Crippen molar-refractivity contribution in [3.63, 3.8) is 0 Å². The number of aromatic nitrogens is 3. The molecule has 0 radical (unpaired) electrons. The lowest BCUT2D eigenvalue weighted by Gasteiger charge is -2.28. The minimum atomic E-state index is -0.524. The third kappa shape index (κ3) is 5.62. The third-order valence-corrected chi connectivity index (χ3v) is 6.75. The third-order valence-electron chi connectivity index (χ3n) is 5.82. The molecule has 8 nitrogen and oxygen atoms in total. The number of rotatable bonds is 11. The number of anilines is 1. The molecule has 1 unspecified atom stereocenters. The van der Waals surface area contributed by atoms with Crippen LogP contribution in [0.1, 0.15) is 43.9 Å². The average molecular weight is 494 g/mol. The first-order chi connectivity index (χ1) is 17.0. The van der Waals surface area contributed by atoms with Gasteiger partial charge in [0.05, 0.1) is 19.3 Å². The van der Waals surface area contributed by atoms with Crippen molar-refractivity contribution in [3.05, 3.63) is 70.9 Å². The molecule has 0 spiro atoms. The molecule has 1 atom stereocenters. The first-order valence-electron chi connectivity index (χ1n) is 11.7. The quantitative estimate of drug-likeness (QED) is 0.298. The highest BCUT2D eigenvalue weighted by Crippen LogP contribution is 2.39. The van der Waals surface area contributed by atoms with Crippen LogP contribution in [-0.2, 0) is 11.2 Å². The van der Waals surface area contributed by atoms with Crippen LogP contribution in [0.5, 0.6) is 11.5 Å². The van der Waals surface area contributed by atoms with Crippen LogP contribution in [0.3, 0.4) is 0 Å². The number of fused-ring (bicyclic) bond motifs is 1. The first kappa shape index (κ1) is 24.7. The highest BCUT2D eigenvalue weighted by Gasteiger charge is 2.33. The summed E-state index contributed by atoms with van der Waals surface area (Å²) in [5.74, 6) is 2.22. The number of unbranched alkanes of at least 4 members (excludes halogenated alkanes) is 1. The molecule has 35 heavy (non-hydrogen) atoms. The lowest BCUT2D eigenvalue weighted by Crippen LogP contribution is -2.31. The summed E-state index contributed by atoms with van der Waals surface area (Å²) in [6.45, 7) is 4.50. The number of amides is 1. The van der Waals surface area contributed by atoms with Gasteiger partial charge in [0.2, 0.25) is 17.0 Å². The van der Waals surface area contributed by atoms with Crippen molar-refractivity contribution < 1.29 is 14.3 Å². The molecule has 0 bridgehead atoms. The van der Waals surface area contributed by atoms with E-state index in [9.17, 15) is 4.79 Å². The predicted octanol–water partition coefficient (Wildman–Crippen LogP) is 4.57. The second-order valence-electron chi connectivity index (χ2n) is 8.29. The van der Waals surface area contributed by atoms with Gasteiger partial charge in [-0.15, -0.1) is 5.10 Å². The zero-order valence-electron chi connectivity index (χ0n) is 20.3. The van der Waals surface area contributed by atoms with E-state index >= 15 is 0 Å². The van der Waals surface area contributed by atoms with Gasteiger partial charge in [-0.3, -0.25) is 4.79 Å². The number of nitrogens with one attached hydrogen (secondary N) is 1. The molecule has 0 saturated carbocycles. The number of carbonyl (C=O) groups is 1. The molecule has 184 valence electrons. The van der Waals surface area contributed by atoms with Crippen LogP contribution in [0.15, 0.2) is 65.0 Å². The van der Waals surface area contributed by atoms with E-state index in [1.54, 1.807) is 23.6 Å². The number of carbonyl (C=O) groups excluding carboxylic acids is 1. The Balaban J connectivity index is 1.61. The number of ether oxygens (including phenoxy) is 2. The van der Waals surface area contributed by atoms with Gasteiger partial charge < -0.3 is 20.5 Å².